The van der Waals surface area contributed by atoms with Crippen molar-refractivity contribution in [2.24, 2.45) is 5.92 Å². The van der Waals surface area contributed by atoms with E-state index in [2.05, 4.69) is 5.32 Å². The molecule has 23 heavy (non-hydrogen) atoms. The zero-order valence-electron chi connectivity index (χ0n) is 13.7. The van der Waals surface area contributed by atoms with Gasteiger partial charge in [-0.2, -0.15) is 0 Å². The Labute approximate surface area is 135 Å². The molecule has 3 atom stereocenters. The summed E-state index contributed by atoms with van der Waals surface area (Å²) < 4.78 is 16.4. The molecule has 1 aromatic carbocycles. The van der Waals surface area contributed by atoms with E-state index in [0.717, 1.165) is 0 Å². The molecule has 0 saturated heterocycles. The van der Waals surface area contributed by atoms with Gasteiger partial charge in [-0.3, -0.25) is 4.79 Å². The number of para-hydroxylation sites is 1. The van der Waals surface area contributed by atoms with Crippen LogP contribution in [0.3, 0.4) is 0 Å². The number of nitrogens with one attached hydrogen (secondary N) is 1. The summed E-state index contributed by atoms with van der Waals surface area (Å²) in [4.78, 5) is 23.5. The van der Waals surface area contributed by atoms with Gasteiger partial charge in [0, 0.05) is 6.92 Å². The normalized spacial score (nSPS) is 23.7. The molecule has 1 aliphatic heterocycles. The van der Waals surface area contributed by atoms with Gasteiger partial charge in [0.2, 0.25) is 12.2 Å². The zero-order chi connectivity index (χ0) is 17.0. The lowest BCUT2D eigenvalue weighted by Crippen LogP contribution is -2.51. The minimum absolute atomic E-state index is 0.239. The third-order valence-electron chi connectivity index (χ3n) is 3.70. The first-order chi connectivity index (χ1) is 10.9. The Morgan fingerprint density at radius 3 is 2.43 bits per heavy atom. The number of hydrogen-bond donors (Lipinski definition) is 1. The summed E-state index contributed by atoms with van der Waals surface area (Å²) in [6, 6.07) is 8.70. The number of benzene rings is 1. The summed E-state index contributed by atoms with van der Waals surface area (Å²) in [5.41, 5.74) is 0.308. The predicted octanol–water partition coefficient (Wildman–Crippen LogP) is 2.01. The molecule has 6 nitrogen and oxygen atoms in total. The second kappa shape index (κ2) is 7.17. The van der Waals surface area contributed by atoms with Crippen molar-refractivity contribution >= 4 is 11.9 Å². The van der Waals surface area contributed by atoms with Crippen molar-refractivity contribution in [2.45, 2.75) is 33.1 Å². The van der Waals surface area contributed by atoms with Gasteiger partial charge in [0.25, 0.3) is 0 Å². The Kier molecular flexibility index (Phi) is 5.26. The van der Waals surface area contributed by atoms with Gasteiger partial charge in [-0.25, -0.2) is 4.79 Å². The molecule has 1 aromatic rings. The number of rotatable bonds is 4. The van der Waals surface area contributed by atoms with Crippen LogP contribution < -0.4 is 10.1 Å². The summed E-state index contributed by atoms with van der Waals surface area (Å²) in [6.45, 7) is 4.91. The lowest BCUT2D eigenvalue weighted by Gasteiger charge is -2.37. The highest BCUT2D eigenvalue weighted by Gasteiger charge is 2.41. The monoisotopic (exact) mass is 319 g/mol. The second-order valence-corrected chi connectivity index (χ2v) is 5.42. The average molecular weight is 319 g/mol. The molecule has 0 aliphatic carbocycles. The van der Waals surface area contributed by atoms with Gasteiger partial charge in [0.1, 0.15) is 11.5 Å². The molecule has 124 valence electrons. The van der Waals surface area contributed by atoms with Crippen molar-refractivity contribution < 1.29 is 23.8 Å². The SMILES string of the molecule is COC(=O)C1=C(C)OC(Oc2ccccc2)C(C)C1NC(C)=O. The van der Waals surface area contributed by atoms with E-state index in [9.17, 15) is 9.59 Å². The van der Waals surface area contributed by atoms with Crippen molar-refractivity contribution in [1.82, 2.24) is 5.32 Å². The largest absolute Gasteiger partial charge is 0.466 e. The second-order valence-electron chi connectivity index (χ2n) is 5.42. The van der Waals surface area contributed by atoms with Crippen molar-refractivity contribution in [3.8, 4) is 5.75 Å². The first-order valence-corrected chi connectivity index (χ1v) is 7.38. The minimum atomic E-state index is -0.623. The van der Waals surface area contributed by atoms with E-state index in [1.54, 1.807) is 6.92 Å². The van der Waals surface area contributed by atoms with Crippen molar-refractivity contribution in [1.29, 1.82) is 0 Å². The number of carbonyl (C=O) groups is 2. The van der Waals surface area contributed by atoms with Crippen molar-refractivity contribution in [2.75, 3.05) is 7.11 Å². The predicted molar refractivity (Wildman–Crippen MR) is 83.4 cm³/mol. The molecule has 2 rings (SSSR count). The van der Waals surface area contributed by atoms with Crippen LogP contribution in [-0.4, -0.2) is 31.3 Å². The summed E-state index contributed by atoms with van der Waals surface area (Å²) in [5.74, 6) is -0.00513. The Bertz CT molecular complexity index is 611. The molecule has 0 fully saturated rings. The van der Waals surface area contributed by atoms with Crippen LogP contribution in [0.4, 0.5) is 0 Å². The lowest BCUT2D eigenvalue weighted by molar-refractivity contribution is -0.141. The van der Waals surface area contributed by atoms with E-state index in [0.29, 0.717) is 17.1 Å². The average Bonchev–Trinajstić information content (AvgIpc) is 2.52. The topological polar surface area (TPSA) is 73.9 Å². The maximum absolute atomic E-state index is 12.0. The molecule has 6 heteroatoms. The van der Waals surface area contributed by atoms with Crippen molar-refractivity contribution in [3.05, 3.63) is 41.7 Å². The summed E-state index contributed by atoms with van der Waals surface area (Å²) in [7, 11) is 1.30. The number of methoxy groups -OCH3 is 1. The van der Waals surface area contributed by atoms with Gasteiger partial charge >= 0.3 is 5.97 Å². The molecular weight excluding hydrogens is 298 g/mol. The smallest absolute Gasteiger partial charge is 0.339 e. The van der Waals surface area contributed by atoms with Crippen LogP contribution in [-0.2, 0) is 19.1 Å². The fourth-order valence-electron chi connectivity index (χ4n) is 2.55. The number of amides is 1. The molecule has 1 aliphatic rings. The molecular formula is C17H21NO5. The van der Waals surface area contributed by atoms with Crippen LogP contribution >= 0.6 is 0 Å². The third kappa shape index (κ3) is 3.83. The zero-order valence-corrected chi connectivity index (χ0v) is 13.7. The molecule has 3 unspecified atom stereocenters. The van der Waals surface area contributed by atoms with Crippen LogP contribution in [0.15, 0.2) is 41.7 Å². The van der Waals surface area contributed by atoms with E-state index in [1.165, 1.54) is 14.0 Å². The fourth-order valence-corrected chi connectivity index (χ4v) is 2.55. The minimum Gasteiger partial charge on any atom is -0.466 e. The van der Waals surface area contributed by atoms with Crippen molar-refractivity contribution in [3.63, 3.8) is 0 Å². The van der Waals surface area contributed by atoms with E-state index < -0.39 is 18.3 Å². The highest BCUT2D eigenvalue weighted by molar-refractivity contribution is 5.91. The summed E-state index contributed by atoms with van der Waals surface area (Å²) in [5, 5.41) is 2.79. The molecule has 1 heterocycles. The molecule has 1 N–H and O–H groups in total. The van der Waals surface area contributed by atoms with E-state index in [-0.39, 0.29) is 11.8 Å². The molecule has 0 spiro atoms. The highest BCUT2D eigenvalue weighted by atomic mass is 16.7. The van der Waals surface area contributed by atoms with E-state index in [1.807, 2.05) is 37.3 Å². The summed E-state index contributed by atoms with van der Waals surface area (Å²) in [6.07, 6.45) is -0.623. The number of ether oxygens (including phenoxy) is 3. The van der Waals surface area contributed by atoms with Crippen LogP contribution in [0.2, 0.25) is 0 Å². The molecule has 0 aromatic heterocycles. The number of esters is 1. The van der Waals surface area contributed by atoms with Crippen LogP contribution in [0.1, 0.15) is 20.8 Å². The number of carbonyl (C=O) groups excluding carboxylic acids is 2. The molecule has 1 amide bonds. The molecule has 0 radical (unpaired) electrons. The fraction of sp³-hybridized carbons (Fsp3) is 0.412. The van der Waals surface area contributed by atoms with E-state index in [4.69, 9.17) is 14.2 Å². The van der Waals surface area contributed by atoms with Gasteiger partial charge < -0.3 is 19.5 Å². The van der Waals surface area contributed by atoms with Gasteiger partial charge in [-0.1, -0.05) is 25.1 Å². The van der Waals surface area contributed by atoms with Gasteiger partial charge in [0.05, 0.1) is 24.6 Å². The van der Waals surface area contributed by atoms with Gasteiger partial charge in [-0.05, 0) is 19.1 Å². The first-order valence-electron chi connectivity index (χ1n) is 7.38. The molecule has 0 bridgehead atoms. The van der Waals surface area contributed by atoms with Gasteiger partial charge in [-0.15, -0.1) is 0 Å². The van der Waals surface area contributed by atoms with Crippen LogP contribution in [0, 0.1) is 5.92 Å². The Morgan fingerprint density at radius 2 is 1.87 bits per heavy atom. The summed E-state index contributed by atoms with van der Waals surface area (Å²) >= 11 is 0. The maximum Gasteiger partial charge on any atom is 0.339 e. The van der Waals surface area contributed by atoms with E-state index >= 15 is 0 Å². The number of hydrogen-bond acceptors (Lipinski definition) is 5. The lowest BCUT2D eigenvalue weighted by atomic mass is 9.90. The quantitative estimate of drug-likeness (QED) is 0.859. The standard InChI is InChI=1S/C17H21NO5/c1-10-15(18-12(3)19)14(16(20)21-4)11(2)22-17(10)23-13-8-6-5-7-9-13/h5-10,15,17H,1-4H3,(H,18,19). The molecule has 0 saturated carbocycles. The number of allylic oxidation sites excluding steroid dienone is 1. The van der Waals surface area contributed by atoms with Crippen LogP contribution in [0.5, 0.6) is 5.75 Å². The van der Waals surface area contributed by atoms with Crippen LogP contribution in [0.25, 0.3) is 0 Å². The Hall–Kier alpha value is -2.50. The highest BCUT2D eigenvalue weighted by Crippen LogP contribution is 2.31. The maximum atomic E-state index is 12.0. The Balaban J connectivity index is 2.30. The Morgan fingerprint density at radius 1 is 1.22 bits per heavy atom. The third-order valence-corrected chi connectivity index (χ3v) is 3.70. The first kappa shape index (κ1) is 16.9. The van der Waals surface area contributed by atoms with Gasteiger partial charge in [0.15, 0.2) is 0 Å².